The highest BCUT2D eigenvalue weighted by Crippen LogP contribution is 2.39. The Bertz CT molecular complexity index is 882. The van der Waals surface area contributed by atoms with Crippen molar-refractivity contribution in [1.82, 2.24) is 4.90 Å². The van der Waals surface area contributed by atoms with E-state index >= 15 is 0 Å². The summed E-state index contributed by atoms with van der Waals surface area (Å²) in [6, 6.07) is 15.9. The Hall–Kier alpha value is -2.41. The number of ether oxygens (including phenoxy) is 3. The van der Waals surface area contributed by atoms with Gasteiger partial charge in [0.25, 0.3) is 5.91 Å². The predicted octanol–water partition coefficient (Wildman–Crippen LogP) is 3.84. The third-order valence-electron chi connectivity index (χ3n) is 5.87. The molecule has 4 rings (SSSR count). The Morgan fingerprint density at radius 2 is 1.87 bits per heavy atom. The van der Waals surface area contributed by atoms with E-state index in [1.54, 1.807) is 0 Å². The van der Waals surface area contributed by atoms with E-state index in [9.17, 15) is 4.79 Å². The Morgan fingerprint density at radius 1 is 1.13 bits per heavy atom. The number of morpholine rings is 1. The van der Waals surface area contributed by atoms with Crippen LogP contribution in [0.5, 0.6) is 5.75 Å². The van der Waals surface area contributed by atoms with Crippen LogP contribution in [-0.4, -0.2) is 55.7 Å². The van der Waals surface area contributed by atoms with Crippen molar-refractivity contribution in [3.63, 3.8) is 0 Å². The van der Waals surface area contributed by atoms with E-state index in [1.165, 1.54) is 0 Å². The standard InChI is InChI=1S/C24H30N2O4/c1-4-26(20-10-6-5-7-11-20)19(3)29-24(25-13-15-28-16-14-25)17-22(27)21-12-8-9-18(2)23(21)30-24/h5-12,19H,4,13-17H2,1-3H3. The minimum absolute atomic E-state index is 0.0430. The van der Waals surface area contributed by atoms with Gasteiger partial charge in [0.15, 0.2) is 5.78 Å². The molecule has 0 aromatic heterocycles. The average Bonchev–Trinajstić information content (AvgIpc) is 2.76. The number of hydrogen-bond donors (Lipinski definition) is 0. The number of hydrogen-bond acceptors (Lipinski definition) is 6. The van der Waals surface area contributed by atoms with Crippen LogP contribution < -0.4 is 9.64 Å². The highest BCUT2D eigenvalue weighted by atomic mass is 16.7. The maximum atomic E-state index is 13.2. The molecule has 2 aliphatic rings. The van der Waals surface area contributed by atoms with Crippen LogP contribution >= 0.6 is 0 Å². The number of aryl methyl sites for hydroxylation is 1. The molecule has 2 heterocycles. The second-order valence-corrected chi connectivity index (χ2v) is 7.80. The van der Waals surface area contributed by atoms with Crippen LogP contribution in [0.1, 0.15) is 36.2 Å². The summed E-state index contributed by atoms with van der Waals surface area (Å²) >= 11 is 0. The minimum atomic E-state index is -1.15. The quantitative estimate of drug-likeness (QED) is 0.675. The van der Waals surface area contributed by atoms with Crippen LogP contribution in [0.2, 0.25) is 0 Å². The topological polar surface area (TPSA) is 51.2 Å². The number of ketones is 1. The summed E-state index contributed by atoms with van der Waals surface area (Å²) < 4.78 is 18.8. The fourth-order valence-electron chi connectivity index (χ4n) is 4.32. The largest absolute Gasteiger partial charge is 0.447 e. The predicted molar refractivity (Wildman–Crippen MR) is 116 cm³/mol. The third kappa shape index (κ3) is 3.95. The van der Waals surface area contributed by atoms with Crippen molar-refractivity contribution in [3.05, 3.63) is 59.7 Å². The Balaban J connectivity index is 1.68. The fourth-order valence-corrected chi connectivity index (χ4v) is 4.32. The van der Waals surface area contributed by atoms with E-state index in [0.29, 0.717) is 37.6 Å². The first kappa shape index (κ1) is 20.8. The normalized spacial score (nSPS) is 22.8. The molecule has 1 saturated heterocycles. The molecule has 1 fully saturated rings. The van der Waals surface area contributed by atoms with E-state index in [0.717, 1.165) is 17.8 Å². The third-order valence-corrected chi connectivity index (χ3v) is 5.87. The van der Waals surface area contributed by atoms with Crippen LogP contribution in [0.3, 0.4) is 0 Å². The van der Waals surface area contributed by atoms with Crippen molar-refractivity contribution < 1.29 is 19.0 Å². The van der Waals surface area contributed by atoms with E-state index in [2.05, 4.69) is 28.9 Å². The maximum absolute atomic E-state index is 13.2. The van der Waals surface area contributed by atoms with Gasteiger partial charge in [0.05, 0.1) is 25.2 Å². The van der Waals surface area contributed by atoms with Crippen molar-refractivity contribution in [2.45, 2.75) is 39.3 Å². The molecule has 2 aromatic carbocycles. The monoisotopic (exact) mass is 410 g/mol. The van der Waals surface area contributed by atoms with Crippen LogP contribution in [0, 0.1) is 6.92 Å². The highest BCUT2D eigenvalue weighted by molar-refractivity contribution is 6.00. The van der Waals surface area contributed by atoms with Gasteiger partial charge in [-0.1, -0.05) is 30.3 Å². The number of para-hydroxylation sites is 2. The molecule has 2 atom stereocenters. The summed E-state index contributed by atoms with van der Waals surface area (Å²) in [6.07, 6.45) is -0.140. The molecule has 160 valence electrons. The number of anilines is 1. The zero-order chi connectivity index (χ0) is 21.1. The number of rotatable bonds is 6. The molecule has 0 amide bonds. The molecule has 0 saturated carbocycles. The van der Waals surface area contributed by atoms with Gasteiger partial charge in [0, 0.05) is 25.3 Å². The lowest BCUT2D eigenvalue weighted by molar-refractivity contribution is -0.301. The lowest BCUT2D eigenvalue weighted by Crippen LogP contribution is -2.63. The van der Waals surface area contributed by atoms with Crippen LogP contribution in [-0.2, 0) is 9.47 Å². The molecule has 2 aromatic rings. The molecule has 0 N–H and O–H groups in total. The maximum Gasteiger partial charge on any atom is 0.282 e. The number of benzene rings is 2. The smallest absolute Gasteiger partial charge is 0.282 e. The van der Waals surface area contributed by atoms with Crippen molar-refractivity contribution in [3.8, 4) is 5.75 Å². The van der Waals surface area contributed by atoms with Gasteiger partial charge in [-0.15, -0.1) is 0 Å². The van der Waals surface area contributed by atoms with Crippen LogP contribution in [0.4, 0.5) is 5.69 Å². The lowest BCUT2D eigenvalue weighted by Gasteiger charge is -2.48. The fraction of sp³-hybridized carbons (Fsp3) is 0.458. The highest BCUT2D eigenvalue weighted by Gasteiger charge is 2.49. The number of fused-ring (bicyclic) bond motifs is 1. The first-order chi connectivity index (χ1) is 14.5. The summed E-state index contributed by atoms with van der Waals surface area (Å²) in [4.78, 5) is 17.4. The molecule has 0 bridgehead atoms. The molecule has 30 heavy (non-hydrogen) atoms. The summed E-state index contributed by atoms with van der Waals surface area (Å²) in [5.41, 5.74) is 2.64. The van der Waals surface area contributed by atoms with Gasteiger partial charge in [-0.05, 0) is 44.5 Å². The molecule has 2 aliphatic heterocycles. The van der Waals surface area contributed by atoms with Gasteiger partial charge < -0.3 is 19.1 Å². The van der Waals surface area contributed by atoms with E-state index in [4.69, 9.17) is 14.2 Å². The molecule has 0 aliphatic carbocycles. The zero-order valence-electron chi connectivity index (χ0n) is 18.0. The first-order valence-corrected chi connectivity index (χ1v) is 10.7. The minimum Gasteiger partial charge on any atom is -0.447 e. The van der Waals surface area contributed by atoms with E-state index in [1.807, 2.05) is 50.2 Å². The summed E-state index contributed by atoms with van der Waals surface area (Å²) in [7, 11) is 0. The molecule has 0 radical (unpaired) electrons. The van der Waals surface area contributed by atoms with Crippen molar-refractivity contribution in [2.75, 3.05) is 37.7 Å². The van der Waals surface area contributed by atoms with Gasteiger partial charge >= 0.3 is 0 Å². The van der Waals surface area contributed by atoms with E-state index in [-0.39, 0.29) is 18.4 Å². The van der Waals surface area contributed by atoms with Gasteiger partial charge in [-0.3, -0.25) is 4.79 Å². The molecular formula is C24H30N2O4. The van der Waals surface area contributed by atoms with Gasteiger partial charge in [-0.25, -0.2) is 4.90 Å². The zero-order valence-corrected chi connectivity index (χ0v) is 18.0. The second-order valence-electron chi connectivity index (χ2n) is 7.80. The Kier molecular flexibility index (Phi) is 6.09. The number of carbonyl (C=O) groups excluding carboxylic acids is 1. The summed E-state index contributed by atoms with van der Waals surface area (Å²) in [5.74, 6) is -0.488. The lowest BCUT2D eigenvalue weighted by atomic mass is 9.98. The SMILES string of the molecule is CCN(c1ccccc1)C(C)OC1(N2CCOCC2)CC(=O)c2cccc(C)c2O1. The van der Waals surface area contributed by atoms with Crippen LogP contribution in [0.15, 0.2) is 48.5 Å². The molecule has 2 unspecified atom stereocenters. The van der Waals surface area contributed by atoms with Gasteiger partial charge in [0.1, 0.15) is 12.0 Å². The number of nitrogens with zero attached hydrogens (tertiary/aromatic N) is 2. The molecule has 6 nitrogen and oxygen atoms in total. The number of carbonyl (C=O) groups is 1. The van der Waals surface area contributed by atoms with Crippen molar-refractivity contribution in [2.24, 2.45) is 0 Å². The first-order valence-electron chi connectivity index (χ1n) is 10.7. The van der Waals surface area contributed by atoms with Crippen LogP contribution in [0.25, 0.3) is 0 Å². The molecule has 6 heteroatoms. The molecular weight excluding hydrogens is 380 g/mol. The van der Waals surface area contributed by atoms with Crippen molar-refractivity contribution >= 4 is 11.5 Å². The Morgan fingerprint density at radius 3 is 2.57 bits per heavy atom. The second kappa shape index (κ2) is 8.76. The average molecular weight is 411 g/mol. The summed E-state index contributed by atoms with van der Waals surface area (Å²) in [5, 5.41) is 0. The summed E-state index contributed by atoms with van der Waals surface area (Å²) in [6.45, 7) is 9.33. The van der Waals surface area contributed by atoms with Gasteiger partial charge in [-0.2, -0.15) is 0 Å². The van der Waals surface area contributed by atoms with Gasteiger partial charge in [0.2, 0.25) is 0 Å². The molecule has 0 spiro atoms. The Labute approximate surface area is 178 Å². The van der Waals surface area contributed by atoms with E-state index < -0.39 is 5.91 Å². The number of Topliss-reactive ketones (excluding diaryl/α,β-unsaturated/α-hetero) is 1. The van der Waals surface area contributed by atoms with Crippen molar-refractivity contribution in [1.29, 1.82) is 0 Å².